The van der Waals surface area contributed by atoms with E-state index in [1.165, 1.54) is 0 Å². The first kappa shape index (κ1) is 16.0. The van der Waals surface area contributed by atoms with Crippen LogP contribution in [0, 0.1) is 0 Å². The minimum absolute atomic E-state index is 0.429. The summed E-state index contributed by atoms with van der Waals surface area (Å²) in [7, 11) is 3.10. The average Bonchev–Trinajstić information content (AvgIpc) is 2.52. The number of aliphatic carboxylic acids is 1. The predicted octanol–water partition coefficient (Wildman–Crippen LogP) is 3.49. The number of carboxylic acid groups (broad SMARTS) is 1. The van der Waals surface area contributed by atoms with Gasteiger partial charge in [-0.05, 0) is 35.9 Å². The zero-order valence-electron chi connectivity index (χ0n) is 12.1. The van der Waals surface area contributed by atoms with Gasteiger partial charge in [-0.3, -0.25) is 0 Å². The SMILES string of the molecule is COc1ccc(-c2cc(Cl)ccc2OCC(=O)O)cc1OC. The van der Waals surface area contributed by atoms with Gasteiger partial charge in [0.15, 0.2) is 18.1 Å². The number of halogens is 1. The van der Waals surface area contributed by atoms with Gasteiger partial charge < -0.3 is 19.3 Å². The van der Waals surface area contributed by atoms with Crippen molar-refractivity contribution >= 4 is 17.6 Å². The van der Waals surface area contributed by atoms with Gasteiger partial charge in [-0.15, -0.1) is 0 Å². The van der Waals surface area contributed by atoms with Crippen molar-refractivity contribution in [2.24, 2.45) is 0 Å². The quantitative estimate of drug-likeness (QED) is 0.882. The molecule has 0 radical (unpaired) electrons. The van der Waals surface area contributed by atoms with Gasteiger partial charge in [0.05, 0.1) is 14.2 Å². The first-order chi connectivity index (χ1) is 10.5. The number of rotatable bonds is 6. The topological polar surface area (TPSA) is 65.0 Å². The fraction of sp³-hybridized carbons (Fsp3) is 0.188. The number of hydrogen-bond donors (Lipinski definition) is 1. The zero-order valence-corrected chi connectivity index (χ0v) is 12.9. The molecule has 6 heteroatoms. The van der Waals surface area contributed by atoms with Gasteiger partial charge in [-0.1, -0.05) is 17.7 Å². The van der Waals surface area contributed by atoms with Crippen molar-refractivity contribution < 1.29 is 24.1 Å². The number of methoxy groups -OCH3 is 2. The molecule has 0 atom stereocenters. The highest BCUT2D eigenvalue weighted by Gasteiger charge is 2.12. The highest BCUT2D eigenvalue weighted by atomic mass is 35.5. The van der Waals surface area contributed by atoms with E-state index in [-0.39, 0.29) is 0 Å². The Balaban J connectivity index is 2.46. The van der Waals surface area contributed by atoms with Crippen molar-refractivity contribution in [2.75, 3.05) is 20.8 Å². The zero-order chi connectivity index (χ0) is 16.1. The minimum Gasteiger partial charge on any atom is -0.493 e. The molecule has 0 saturated carbocycles. The summed E-state index contributed by atoms with van der Waals surface area (Å²) in [5.41, 5.74) is 1.45. The monoisotopic (exact) mass is 322 g/mol. The molecule has 0 unspecified atom stereocenters. The maximum absolute atomic E-state index is 10.7. The second kappa shape index (κ2) is 7.04. The molecule has 0 aromatic heterocycles. The van der Waals surface area contributed by atoms with E-state index in [1.807, 2.05) is 6.07 Å². The van der Waals surface area contributed by atoms with Gasteiger partial charge in [0, 0.05) is 10.6 Å². The Labute approximate surface area is 133 Å². The van der Waals surface area contributed by atoms with E-state index in [1.54, 1.807) is 44.6 Å². The van der Waals surface area contributed by atoms with Gasteiger partial charge in [-0.2, -0.15) is 0 Å². The lowest BCUT2D eigenvalue weighted by Gasteiger charge is -2.13. The molecule has 0 aliphatic carbocycles. The summed E-state index contributed by atoms with van der Waals surface area (Å²) >= 11 is 6.03. The van der Waals surface area contributed by atoms with Crippen molar-refractivity contribution in [1.29, 1.82) is 0 Å². The van der Waals surface area contributed by atoms with E-state index in [9.17, 15) is 4.79 Å². The highest BCUT2D eigenvalue weighted by Crippen LogP contribution is 2.37. The normalized spacial score (nSPS) is 10.1. The largest absolute Gasteiger partial charge is 0.493 e. The van der Waals surface area contributed by atoms with Gasteiger partial charge >= 0.3 is 5.97 Å². The van der Waals surface area contributed by atoms with Gasteiger partial charge in [0.2, 0.25) is 0 Å². The Morgan fingerprint density at radius 2 is 1.73 bits per heavy atom. The van der Waals surface area contributed by atoms with Crippen LogP contribution in [0.3, 0.4) is 0 Å². The third-order valence-corrected chi connectivity index (χ3v) is 3.22. The molecule has 0 amide bonds. The lowest BCUT2D eigenvalue weighted by atomic mass is 10.0. The van der Waals surface area contributed by atoms with Crippen LogP contribution in [0.2, 0.25) is 5.02 Å². The molecule has 0 bridgehead atoms. The van der Waals surface area contributed by atoms with Crippen molar-refractivity contribution in [1.82, 2.24) is 0 Å². The predicted molar refractivity (Wildman–Crippen MR) is 83.1 cm³/mol. The molecule has 0 spiro atoms. The summed E-state index contributed by atoms with van der Waals surface area (Å²) in [6.07, 6.45) is 0. The summed E-state index contributed by atoms with van der Waals surface area (Å²) in [5.74, 6) is 0.540. The molecule has 0 saturated heterocycles. The maximum atomic E-state index is 10.7. The van der Waals surface area contributed by atoms with Crippen molar-refractivity contribution in [3.63, 3.8) is 0 Å². The van der Waals surface area contributed by atoms with E-state index in [4.69, 9.17) is 30.9 Å². The lowest BCUT2D eigenvalue weighted by Crippen LogP contribution is -2.09. The maximum Gasteiger partial charge on any atom is 0.341 e. The van der Waals surface area contributed by atoms with Crippen LogP contribution in [0.4, 0.5) is 0 Å². The Morgan fingerprint density at radius 3 is 2.36 bits per heavy atom. The standard InChI is InChI=1S/C16H15ClO5/c1-20-14-5-3-10(7-15(14)21-2)12-8-11(17)4-6-13(12)22-9-16(18)19/h3-8H,9H2,1-2H3,(H,18,19). The van der Waals surface area contributed by atoms with E-state index >= 15 is 0 Å². The molecule has 0 aliphatic heterocycles. The van der Waals surface area contributed by atoms with Crippen LogP contribution < -0.4 is 14.2 Å². The Kier molecular flexibility index (Phi) is 5.12. The van der Waals surface area contributed by atoms with Crippen LogP contribution in [0.25, 0.3) is 11.1 Å². The summed E-state index contributed by atoms with van der Waals surface area (Å²) < 4.78 is 15.8. The first-order valence-corrected chi connectivity index (χ1v) is 6.79. The fourth-order valence-electron chi connectivity index (χ4n) is 2.00. The molecule has 2 aromatic carbocycles. The van der Waals surface area contributed by atoms with Crippen LogP contribution >= 0.6 is 11.6 Å². The molecular formula is C16H15ClO5. The smallest absolute Gasteiger partial charge is 0.341 e. The van der Waals surface area contributed by atoms with E-state index in [0.717, 1.165) is 5.56 Å². The van der Waals surface area contributed by atoms with E-state index < -0.39 is 12.6 Å². The van der Waals surface area contributed by atoms with Crippen molar-refractivity contribution in [2.45, 2.75) is 0 Å². The van der Waals surface area contributed by atoms with Crippen LogP contribution in [0.15, 0.2) is 36.4 Å². The third-order valence-electron chi connectivity index (χ3n) is 2.99. The Hall–Kier alpha value is -2.40. The molecule has 2 aromatic rings. The second-order valence-electron chi connectivity index (χ2n) is 4.39. The van der Waals surface area contributed by atoms with Crippen LogP contribution in [-0.2, 0) is 4.79 Å². The molecule has 1 N–H and O–H groups in total. The first-order valence-electron chi connectivity index (χ1n) is 6.41. The Bertz CT molecular complexity index is 684. The van der Waals surface area contributed by atoms with Crippen LogP contribution in [0.1, 0.15) is 0 Å². The molecule has 0 aliphatic rings. The van der Waals surface area contributed by atoms with Gasteiger partial charge in [0.25, 0.3) is 0 Å². The molecule has 0 heterocycles. The van der Waals surface area contributed by atoms with Crippen LogP contribution in [-0.4, -0.2) is 31.9 Å². The molecule has 2 rings (SSSR count). The molecule has 5 nitrogen and oxygen atoms in total. The number of carbonyl (C=O) groups is 1. The fourth-order valence-corrected chi connectivity index (χ4v) is 2.17. The molecular weight excluding hydrogens is 308 g/mol. The number of hydrogen-bond acceptors (Lipinski definition) is 4. The van der Waals surface area contributed by atoms with Crippen molar-refractivity contribution in [3.05, 3.63) is 41.4 Å². The van der Waals surface area contributed by atoms with E-state index in [2.05, 4.69) is 0 Å². The number of carboxylic acids is 1. The molecule has 116 valence electrons. The summed E-state index contributed by atoms with van der Waals surface area (Å²) in [5, 5.41) is 9.27. The number of benzene rings is 2. The van der Waals surface area contributed by atoms with Gasteiger partial charge in [0.1, 0.15) is 5.75 Å². The molecule has 0 fully saturated rings. The lowest BCUT2D eigenvalue weighted by molar-refractivity contribution is -0.139. The van der Waals surface area contributed by atoms with Crippen molar-refractivity contribution in [3.8, 4) is 28.4 Å². The minimum atomic E-state index is -1.05. The van der Waals surface area contributed by atoms with Gasteiger partial charge in [-0.25, -0.2) is 4.79 Å². The summed E-state index contributed by atoms with van der Waals surface area (Å²) in [6, 6.07) is 10.3. The average molecular weight is 323 g/mol. The second-order valence-corrected chi connectivity index (χ2v) is 4.83. The highest BCUT2D eigenvalue weighted by molar-refractivity contribution is 6.31. The number of ether oxygens (including phenoxy) is 3. The Morgan fingerprint density at radius 1 is 1.05 bits per heavy atom. The van der Waals surface area contributed by atoms with Crippen LogP contribution in [0.5, 0.6) is 17.2 Å². The summed E-state index contributed by atoms with van der Waals surface area (Å²) in [6.45, 7) is -0.429. The summed E-state index contributed by atoms with van der Waals surface area (Å²) in [4.78, 5) is 10.7. The van der Waals surface area contributed by atoms with E-state index in [0.29, 0.717) is 27.8 Å². The molecule has 22 heavy (non-hydrogen) atoms. The third kappa shape index (κ3) is 3.62.